The highest BCUT2D eigenvalue weighted by Crippen LogP contribution is 2.38. The molecule has 1 N–H and O–H groups in total. The summed E-state index contributed by atoms with van der Waals surface area (Å²) in [6, 6.07) is 6.25. The molecule has 0 spiro atoms. The van der Waals surface area contributed by atoms with Gasteiger partial charge in [-0.2, -0.15) is 0 Å². The van der Waals surface area contributed by atoms with Crippen LogP contribution in [-0.2, 0) is 4.74 Å². The predicted molar refractivity (Wildman–Crippen MR) is 75.8 cm³/mol. The molecular weight excluding hydrogens is 268 g/mol. The normalized spacial score (nSPS) is 23.2. The Balaban J connectivity index is 1.98. The van der Waals surface area contributed by atoms with Crippen LogP contribution in [0.1, 0.15) is 25.8 Å². The Morgan fingerprint density at radius 3 is 3.00 bits per heavy atom. The zero-order chi connectivity index (χ0) is 12.7. The van der Waals surface area contributed by atoms with E-state index >= 15 is 0 Å². The molecule has 1 aromatic heterocycles. The van der Waals surface area contributed by atoms with Crippen LogP contribution in [0.5, 0.6) is 0 Å². The predicted octanol–water partition coefficient (Wildman–Crippen LogP) is 4.09. The van der Waals surface area contributed by atoms with Crippen LogP contribution in [0.3, 0.4) is 0 Å². The van der Waals surface area contributed by atoms with E-state index in [1.54, 1.807) is 0 Å². The molecule has 1 heterocycles. The molecule has 0 aliphatic heterocycles. The maximum Gasteiger partial charge on any atom is 0.178 e. The number of ether oxygens (including phenoxy) is 1. The minimum absolute atomic E-state index is 0.370. The van der Waals surface area contributed by atoms with E-state index in [-0.39, 0.29) is 0 Å². The van der Waals surface area contributed by atoms with Gasteiger partial charge in [0.1, 0.15) is 0 Å². The van der Waals surface area contributed by atoms with Crippen molar-refractivity contribution in [1.29, 1.82) is 0 Å². The minimum atomic E-state index is 0.370. The molecule has 5 heteroatoms. The van der Waals surface area contributed by atoms with Gasteiger partial charge in [0.15, 0.2) is 4.77 Å². The Morgan fingerprint density at radius 1 is 1.50 bits per heavy atom. The van der Waals surface area contributed by atoms with Crippen molar-refractivity contribution >= 4 is 34.9 Å². The van der Waals surface area contributed by atoms with Gasteiger partial charge in [0.25, 0.3) is 0 Å². The lowest BCUT2D eigenvalue weighted by Crippen LogP contribution is -2.33. The van der Waals surface area contributed by atoms with Crippen molar-refractivity contribution in [2.45, 2.75) is 31.9 Å². The van der Waals surface area contributed by atoms with E-state index in [2.05, 4.69) is 9.55 Å². The first-order valence-corrected chi connectivity index (χ1v) is 6.99. The summed E-state index contributed by atoms with van der Waals surface area (Å²) in [5.41, 5.74) is 2.02. The van der Waals surface area contributed by atoms with Crippen LogP contribution < -0.4 is 0 Å². The number of para-hydroxylation sites is 1. The summed E-state index contributed by atoms with van der Waals surface area (Å²) < 4.78 is 8.49. The SMILES string of the molecule is CCOC1CC(n2c(=S)[nH]c3cccc(Cl)c32)C1. The molecule has 1 aliphatic rings. The number of H-pyrrole nitrogens is 1. The summed E-state index contributed by atoms with van der Waals surface area (Å²) in [6.07, 6.45) is 2.40. The lowest BCUT2D eigenvalue weighted by Gasteiger charge is -2.36. The summed E-state index contributed by atoms with van der Waals surface area (Å²) in [4.78, 5) is 3.22. The Hall–Kier alpha value is -0.840. The molecule has 3 nitrogen and oxygen atoms in total. The van der Waals surface area contributed by atoms with Gasteiger partial charge in [-0.3, -0.25) is 0 Å². The van der Waals surface area contributed by atoms with Gasteiger partial charge in [-0.05, 0) is 44.1 Å². The van der Waals surface area contributed by atoms with Crippen molar-refractivity contribution in [2.24, 2.45) is 0 Å². The second kappa shape index (κ2) is 4.68. The topological polar surface area (TPSA) is 29.9 Å². The molecular formula is C13H15ClN2OS. The molecule has 3 rings (SSSR count). The van der Waals surface area contributed by atoms with Crippen molar-refractivity contribution in [2.75, 3.05) is 6.61 Å². The fourth-order valence-corrected chi connectivity index (χ4v) is 3.22. The van der Waals surface area contributed by atoms with Crippen LogP contribution in [0, 0.1) is 4.77 Å². The van der Waals surface area contributed by atoms with E-state index < -0.39 is 0 Å². The van der Waals surface area contributed by atoms with Crippen molar-refractivity contribution in [3.63, 3.8) is 0 Å². The van der Waals surface area contributed by atoms with Gasteiger partial charge in [-0.25, -0.2) is 0 Å². The van der Waals surface area contributed by atoms with Crippen LogP contribution in [0.15, 0.2) is 18.2 Å². The van der Waals surface area contributed by atoms with Gasteiger partial charge in [0.05, 0.1) is 22.2 Å². The van der Waals surface area contributed by atoms with E-state index in [4.69, 9.17) is 28.6 Å². The molecule has 0 saturated heterocycles. The van der Waals surface area contributed by atoms with Crippen molar-refractivity contribution < 1.29 is 4.74 Å². The van der Waals surface area contributed by atoms with Gasteiger partial charge in [0, 0.05) is 12.6 Å². The fourth-order valence-electron chi connectivity index (χ4n) is 2.61. The van der Waals surface area contributed by atoms with Crippen LogP contribution >= 0.6 is 23.8 Å². The van der Waals surface area contributed by atoms with E-state index in [0.717, 1.165) is 40.3 Å². The van der Waals surface area contributed by atoms with Gasteiger partial charge in [0.2, 0.25) is 0 Å². The molecule has 2 aromatic rings. The molecule has 0 unspecified atom stereocenters. The molecule has 1 aromatic carbocycles. The van der Waals surface area contributed by atoms with E-state index in [0.29, 0.717) is 12.1 Å². The molecule has 96 valence electrons. The standard InChI is InChI=1S/C13H15ClN2OS/c1-2-17-9-6-8(7-9)16-12-10(14)4-3-5-11(12)15-13(16)18/h3-5,8-9H,2,6-7H2,1H3,(H,15,18). The molecule has 18 heavy (non-hydrogen) atoms. The highest BCUT2D eigenvalue weighted by atomic mass is 35.5. The number of nitrogens with zero attached hydrogens (tertiary/aromatic N) is 1. The Kier molecular flexibility index (Phi) is 3.18. The minimum Gasteiger partial charge on any atom is -0.378 e. The second-order valence-electron chi connectivity index (χ2n) is 4.64. The number of fused-ring (bicyclic) bond motifs is 1. The third-order valence-electron chi connectivity index (χ3n) is 3.53. The van der Waals surface area contributed by atoms with E-state index in [1.807, 2.05) is 25.1 Å². The largest absolute Gasteiger partial charge is 0.378 e. The average molecular weight is 283 g/mol. The highest BCUT2D eigenvalue weighted by Gasteiger charge is 2.32. The molecule has 1 aliphatic carbocycles. The van der Waals surface area contributed by atoms with Crippen LogP contribution in [-0.4, -0.2) is 22.3 Å². The summed E-state index contributed by atoms with van der Waals surface area (Å²) in [5, 5.41) is 0.750. The maximum atomic E-state index is 6.28. The number of halogens is 1. The fraction of sp³-hybridized carbons (Fsp3) is 0.462. The molecule has 0 amide bonds. The summed E-state index contributed by atoms with van der Waals surface area (Å²) in [6.45, 7) is 2.80. The number of benzene rings is 1. The molecule has 1 saturated carbocycles. The van der Waals surface area contributed by atoms with Gasteiger partial charge in [-0.1, -0.05) is 17.7 Å². The lowest BCUT2D eigenvalue weighted by atomic mass is 9.89. The van der Waals surface area contributed by atoms with Gasteiger partial charge in [-0.15, -0.1) is 0 Å². The lowest BCUT2D eigenvalue weighted by molar-refractivity contribution is -0.0190. The number of nitrogens with one attached hydrogen (secondary N) is 1. The average Bonchev–Trinajstić information content (AvgIpc) is 2.61. The first kappa shape index (κ1) is 12.2. The third kappa shape index (κ3) is 1.88. The van der Waals surface area contributed by atoms with Crippen molar-refractivity contribution in [1.82, 2.24) is 9.55 Å². The quantitative estimate of drug-likeness (QED) is 0.859. The number of hydrogen-bond acceptors (Lipinski definition) is 2. The van der Waals surface area contributed by atoms with Crippen LogP contribution in [0.25, 0.3) is 11.0 Å². The van der Waals surface area contributed by atoms with Crippen molar-refractivity contribution in [3.8, 4) is 0 Å². The summed E-state index contributed by atoms with van der Waals surface area (Å²) >= 11 is 11.7. The van der Waals surface area contributed by atoms with E-state index in [1.165, 1.54) is 0 Å². The summed E-state index contributed by atoms with van der Waals surface area (Å²) in [7, 11) is 0. The number of hydrogen-bond donors (Lipinski definition) is 1. The monoisotopic (exact) mass is 282 g/mol. The number of aromatic nitrogens is 2. The smallest absolute Gasteiger partial charge is 0.178 e. The van der Waals surface area contributed by atoms with Crippen molar-refractivity contribution in [3.05, 3.63) is 28.0 Å². The summed E-state index contributed by atoms with van der Waals surface area (Å²) in [5.74, 6) is 0. The number of rotatable bonds is 3. The number of aromatic amines is 1. The molecule has 0 radical (unpaired) electrons. The van der Waals surface area contributed by atoms with E-state index in [9.17, 15) is 0 Å². The molecule has 1 fully saturated rings. The highest BCUT2D eigenvalue weighted by molar-refractivity contribution is 7.71. The first-order valence-electron chi connectivity index (χ1n) is 6.21. The maximum absolute atomic E-state index is 6.28. The Labute approximate surface area is 116 Å². The van der Waals surface area contributed by atoms with Crippen LogP contribution in [0.2, 0.25) is 5.02 Å². The zero-order valence-corrected chi connectivity index (χ0v) is 11.7. The number of imidazole rings is 1. The Bertz CT molecular complexity index is 627. The van der Waals surface area contributed by atoms with Gasteiger partial charge < -0.3 is 14.3 Å². The Morgan fingerprint density at radius 2 is 2.28 bits per heavy atom. The third-order valence-corrected chi connectivity index (χ3v) is 4.13. The molecule has 0 bridgehead atoms. The zero-order valence-electron chi connectivity index (χ0n) is 10.1. The first-order chi connectivity index (χ1) is 8.70. The molecule has 0 atom stereocenters. The van der Waals surface area contributed by atoms with Gasteiger partial charge >= 0.3 is 0 Å². The van der Waals surface area contributed by atoms with Crippen LogP contribution in [0.4, 0.5) is 0 Å². The second-order valence-corrected chi connectivity index (χ2v) is 5.43.